The van der Waals surface area contributed by atoms with E-state index in [0.29, 0.717) is 17.3 Å². The van der Waals surface area contributed by atoms with Gasteiger partial charge in [0.2, 0.25) is 0 Å². The lowest BCUT2D eigenvalue weighted by Gasteiger charge is -2.10. The number of para-hydroxylation sites is 3. The summed E-state index contributed by atoms with van der Waals surface area (Å²) in [4.78, 5) is 16.9. The highest BCUT2D eigenvalue weighted by molar-refractivity contribution is 6.07. The highest BCUT2D eigenvalue weighted by Gasteiger charge is 2.11. The van der Waals surface area contributed by atoms with Crippen molar-refractivity contribution in [1.29, 1.82) is 0 Å². The molecule has 0 radical (unpaired) electrons. The fourth-order valence-corrected chi connectivity index (χ4v) is 2.80. The number of hydrogen-bond donors (Lipinski definition) is 2. The number of methoxy groups -OCH3 is 1. The van der Waals surface area contributed by atoms with Gasteiger partial charge in [-0.2, -0.15) is 0 Å². The van der Waals surface area contributed by atoms with Crippen molar-refractivity contribution in [3.63, 3.8) is 0 Å². The minimum absolute atomic E-state index is 0.207. The Kier molecular flexibility index (Phi) is 4.79. The van der Waals surface area contributed by atoms with Crippen molar-refractivity contribution in [1.82, 2.24) is 15.2 Å². The number of nitrogens with zero attached hydrogens (tertiary/aromatic N) is 3. The molecule has 28 heavy (non-hydrogen) atoms. The normalized spacial score (nSPS) is 10.5. The van der Waals surface area contributed by atoms with Gasteiger partial charge in [-0.25, -0.2) is 0 Å². The molecular weight excluding hydrogens is 354 g/mol. The number of aromatic nitrogens is 3. The molecule has 2 aromatic heterocycles. The van der Waals surface area contributed by atoms with Gasteiger partial charge in [0.25, 0.3) is 5.91 Å². The number of rotatable bonds is 5. The third-order valence-corrected chi connectivity index (χ3v) is 4.15. The van der Waals surface area contributed by atoms with E-state index in [0.717, 1.165) is 16.6 Å². The molecule has 1 amide bonds. The fraction of sp³-hybridized carbons (Fsp3) is 0.0476. The minimum atomic E-state index is -0.352. The molecule has 0 aliphatic heterocycles. The topological polar surface area (TPSA) is 89.0 Å². The first-order valence-corrected chi connectivity index (χ1v) is 8.63. The summed E-state index contributed by atoms with van der Waals surface area (Å²) in [7, 11) is 1.60. The van der Waals surface area contributed by atoms with Crippen LogP contribution in [0.2, 0.25) is 0 Å². The van der Waals surface area contributed by atoms with Crippen molar-refractivity contribution >= 4 is 34.0 Å². The van der Waals surface area contributed by atoms with Crippen LogP contribution in [0.25, 0.3) is 10.9 Å². The van der Waals surface area contributed by atoms with E-state index in [9.17, 15) is 4.79 Å². The molecule has 0 spiro atoms. The molecular formula is C21H17N5O2. The van der Waals surface area contributed by atoms with Crippen molar-refractivity contribution < 1.29 is 9.53 Å². The van der Waals surface area contributed by atoms with E-state index in [1.807, 2.05) is 48.5 Å². The van der Waals surface area contributed by atoms with E-state index in [1.54, 1.807) is 31.5 Å². The predicted molar refractivity (Wildman–Crippen MR) is 108 cm³/mol. The Morgan fingerprint density at radius 3 is 2.54 bits per heavy atom. The molecule has 0 unspecified atom stereocenters. The second-order valence-electron chi connectivity index (χ2n) is 5.96. The fourth-order valence-electron chi connectivity index (χ4n) is 2.80. The third-order valence-electron chi connectivity index (χ3n) is 4.15. The first-order chi connectivity index (χ1) is 13.7. The Morgan fingerprint density at radius 2 is 1.71 bits per heavy atom. The highest BCUT2D eigenvalue weighted by Crippen LogP contribution is 2.26. The van der Waals surface area contributed by atoms with Gasteiger partial charge in [0.05, 0.1) is 24.0 Å². The second kappa shape index (κ2) is 7.71. The van der Waals surface area contributed by atoms with Crippen LogP contribution in [0.3, 0.4) is 0 Å². The first kappa shape index (κ1) is 17.4. The number of fused-ring (bicyclic) bond motifs is 1. The summed E-state index contributed by atoms with van der Waals surface area (Å²) in [6.07, 6.45) is 1.69. The molecule has 4 aromatic rings. The molecule has 2 heterocycles. The number of benzene rings is 2. The Balaban J connectivity index is 1.51. The third kappa shape index (κ3) is 3.59. The van der Waals surface area contributed by atoms with Crippen molar-refractivity contribution in [3.8, 4) is 5.75 Å². The van der Waals surface area contributed by atoms with Crippen LogP contribution in [0, 0.1) is 0 Å². The number of pyridine rings is 1. The number of carbonyl (C=O) groups is 1. The Bertz CT molecular complexity index is 1120. The van der Waals surface area contributed by atoms with Crippen LogP contribution < -0.4 is 15.4 Å². The van der Waals surface area contributed by atoms with E-state index >= 15 is 0 Å². The molecule has 0 fully saturated rings. The number of hydrogen-bond acceptors (Lipinski definition) is 6. The van der Waals surface area contributed by atoms with Crippen LogP contribution in [0.4, 0.5) is 17.2 Å². The van der Waals surface area contributed by atoms with E-state index in [4.69, 9.17) is 4.74 Å². The van der Waals surface area contributed by atoms with Gasteiger partial charge in [-0.05, 0) is 36.4 Å². The SMILES string of the molecule is COc1ccccc1Nc1ccc(C(=O)Nc2cccc3cccnc23)nn1. The summed E-state index contributed by atoms with van der Waals surface area (Å²) >= 11 is 0. The molecule has 0 atom stereocenters. The number of carbonyl (C=O) groups excluding carboxylic acids is 1. The smallest absolute Gasteiger partial charge is 0.276 e. The second-order valence-corrected chi connectivity index (χ2v) is 5.96. The van der Waals surface area contributed by atoms with E-state index in [1.165, 1.54) is 0 Å². The molecule has 2 N–H and O–H groups in total. The molecule has 7 heteroatoms. The Morgan fingerprint density at radius 1 is 0.893 bits per heavy atom. The average Bonchev–Trinajstić information content (AvgIpc) is 2.75. The van der Waals surface area contributed by atoms with Crippen molar-refractivity contribution in [2.45, 2.75) is 0 Å². The average molecular weight is 371 g/mol. The maximum atomic E-state index is 12.5. The molecule has 0 saturated heterocycles. The van der Waals surface area contributed by atoms with Gasteiger partial charge in [0.15, 0.2) is 11.5 Å². The van der Waals surface area contributed by atoms with Crippen LogP contribution in [-0.4, -0.2) is 28.2 Å². The molecule has 0 saturated carbocycles. The lowest BCUT2D eigenvalue weighted by atomic mass is 10.2. The molecule has 2 aromatic carbocycles. The minimum Gasteiger partial charge on any atom is -0.495 e. The van der Waals surface area contributed by atoms with Gasteiger partial charge < -0.3 is 15.4 Å². The molecule has 4 rings (SSSR count). The largest absolute Gasteiger partial charge is 0.495 e. The summed E-state index contributed by atoms with van der Waals surface area (Å²) < 4.78 is 5.30. The van der Waals surface area contributed by atoms with Gasteiger partial charge in [-0.3, -0.25) is 9.78 Å². The number of nitrogens with one attached hydrogen (secondary N) is 2. The van der Waals surface area contributed by atoms with Crippen LogP contribution in [0.5, 0.6) is 5.75 Å². The molecule has 0 aliphatic rings. The lowest BCUT2D eigenvalue weighted by molar-refractivity contribution is 0.102. The van der Waals surface area contributed by atoms with E-state index in [-0.39, 0.29) is 11.6 Å². The number of ether oxygens (including phenoxy) is 1. The van der Waals surface area contributed by atoms with Gasteiger partial charge in [-0.1, -0.05) is 30.3 Å². The predicted octanol–water partition coefficient (Wildman–Crippen LogP) is 4.03. The summed E-state index contributed by atoms with van der Waals surface area (Å²) in [5.41, 5.74) is 2.32. The Hall–Kier alpha value is -4.00. The van der Waals surface area contributed by atoms with Crippen LogP contribution >= 0.6 is 0 Å². The lowest BCUT2D eigenvalue weighted by Crippen LogP contribution is -2.15. The van der Waals surface area contributed by atoms with Gasteiger partial charge in [0.1, 0.15) is 5.75 Å². The van der Waals surface area contributed by atoms with Crippen LogP contribution in [0.1, 0.15) is 10.5 Å². The first-order valence-electron chi connectivity index (χ1n) is 8.63. The molecule has 138 valence electrons. The highest BCUT2D eigenvalue weighted by atomic mass is 16.5. The van der Waals surface area contributed by atoms with Gasteiger partial charge in [-0.15, -0.1) is 10.2 Å². The summed E-state index contributed by atoms with van der Waals surface area (Å²) in [6, 6.07) is 20.2. The molecule has 0 aliphatic carbocycles. The number of anilines is 3. The van der Waals surface area contributed by atoms with Crippen LogP contribution in [-0.2, 0) is 0 Å². The van der Waals surface area contributed by atoms with Gasteiger partial charge >= 0.3 is 0 Å². The summed E-state index contributed by atoms with van der Waals surface area (Å²) in [5.74, 6) is 0.844. The van der Waals surface area contributed by atoms with Crippen molar-refractivity contribution in [2.75, 3.05) is 17.7 Å². The zero-order valence-corrected chi connectivity index (χ0v) is 15.1. The monoisotopic (exact) mass is 371 g/mol. The number of amides is 1. The van der Waals surface area contributed by atoms with Gasteiger partial charge in [0, 0.05) is 11.6 Å². The standard InChI is InChI=1S/C21H17N5O2/c1-28-18-10-3-2-8-15(18)23-19-12-11-17(25-26-19)21(27)24-16-9-4-6-14-7-5-13-22-20(14)16/h2-13H,1H3,(H,23,26)(H,24,27). The zero-order chi connectivity index (χ0) is 19.3. The van der Waals surface area contributed by atoms with Crippen LogP contribution in [0.15, 0.2) is 72.9 Å². The maximum absolute atomic E-state index is 12.5. The van der Waals surface area contributed by atoms with Crippen molar-refractivity contribution in [3.05, 3.63) is 78.6 Å². The molecule has 0 bridgehead atoms. The zero-order valence-electron chi connectivity index (χ0n) is 15.1. The van der Waals surface area contributed by atoms with E-state index < -0.39 is 0 Å². The van der Waals surface area contributed by atoms with Crippen molar-refractivity contribution in [2.24, 2.45) is 0 Å². The van der Waals surface area contributed by atoms with E-state index in [2.05, 4.69) is 25.8 Å². The summed E-state index contributed by atoms with van der Waals surface area (Å²) in [6.45, 7) is 0. The Labute approximate surface area is 161 Å². The molecule has 7 nitrogen and oxygen atoms in total. The maximum Gasteiger partial charge on any atom is 0.276 e. The quantitative estimate of drug-likeness (QED) is 0.551. The summed E-state index contributed by atoms with van der Waals surface area (Å²) in [5, 5.41) is 15.0.